The second kappa shape index (κ2) is 3.00. The number of rotatable bonds is 0. The predicted octanol–water partition coefficient (Wildman–Crippen LogP) is 1.24. The topological polar surface area (TPSA) is 23.5 Å². The van der Waals surface area contributed by atoms with Crippen LogP contribution in [0, 0.1) is 5.92 Å². The van der Waals surface area contributed by atoms with E-state index in [0.29, 0.717) is 0 Å². The Kier molecular flexibility index (Phi) is 2.13. The molecule has 0 aromatic carbocycles. The number of hydrogen-bond donors (Lipinski definition) is 1. The second-order valence-electron chi connectivity index (χ2n) is 4.54. The smallest absolute Gasteiger partial charge is 0.0544 e. The summed E-state index contributed by atoms with van der Waals surface area (Å²) in [6.07, 6.45) is 4.53. The largest absolute Gasteiger partial charge is 0.393 e. The van der Waals surface area contributed by atoms with Crippen LogP contribution in [0.5, 0.6) is 0 Å². The molecule has 0 aromatic heterocycles. The van der Waals surface area contributed by atoms with Crippen molar-refractivity contribution in [1.82, 2.24) is 4.90 Å². The molecule has 1 N–H and O–H groups in total. The summed E-state index contributed by atoms with van der Waals surface area (Å²) >= 11 is 0. The zero-order valence-electron chi connectivity index (χ0n) is 8.03. The maximum atomic E-state index is 9.51. The van der Waals surface area contributed by atoms with E-state index >= 15 is 0 Å². The van der Waals surface area contributed by atoms with Crippen molar-refractivity contribution in [3.05, 3.63) is 0 Å². The van der Waals surface area contributed by atoms with Crippen LogP contribution in [0.25, 0.3) is 0 Å². The number of aliphatic hydroxyl groups excluding tert-OH is 1. The Morgan fingerprint density at radius 3 is 2.75 bits per heavy atom. The van der Waals surface area contributed by atoms with Crippen molar-refractivity contribution in [2.45, 2.75) is 50.8 Å². The molecule has 1 heterocycles. The van der Waals surface area contributed by atoms with Gasteiger partial charge in [-0.3, -0.25) is 0 Å². The molecule has 0 amide bonds. The van der Waals surface area contributed by atoms with Crippen LogP contribution < -0.4 is 0 Å². The highest BCUT2D eigenvalue weighted by atomic mass is 16.3. The van der Waals surface area contributed by atoms with Crippen molar-refractivity contribution < 1.29 is 5.11 Å². The molecule has 0 bridgehead atoms. The summed E-state index contributed by atoms with van der Waals surface area (Å²) in [5, 5.41) is 9.51. The molecule has 0 aromatic rings. The quantitative estimate of drug-likeness (QED) is 0.590. The average molecular weight is 169 g/mol. The van der Waals surface area contributed by atoms with E-state index in [1.165, 1.54) is 12.8 Å². The van der Waals surface area contributed by atoms with Crippen LogP contribution in [0.1, 0.15) is 32.6 Å². The molecule has 0 unspecified atom stereocenters. The predicted molar refractivity (Wildman–Crippen MR) is 49.0 cm³/mol. The molecule has 2 heteroatoms. The molecule has 1 aliphatic heterocycles. The highest BCUT2D eigenvalue weighted by molar-refractivity contribution is 4.94. The first-order chi connectivity index (χ1) is 5.68. The lowest BCUT2D eigenvalue weighted by Crippen LogP contribution is -2.37. The van der Waals surface area contributed by atoms with Crippen LogP contribution in [0.15, 0.2) is 0 Å². The van der Waals surface area contributed by atoms with Crippen molar-refractivity contribution in [3.63, 3.8) is 0 Å². The zero-order valence-corrected chi connectivity index (χ0v) is 8.03. The van der Waals surface area contributed by atoms with Gasteiger partial charge in [0.15, 0.2) is 0 Å². The van der Waals surface area contributed by atoms with Gasteiger partial charge in [-0.05, 0) is 45.6 Å². The van der Waals surface area contributed by atoms with Crippen molar-refractivity contribution in [1.29, 1.82) is 0 Å². The molecule has 70 valence electrons. The number of likely N-dealkylation sites (tertiary alicyclic amines) is 1. The lowest BCUT2D eigenvalue weighted by molar-refractivity contribution is 0.0734. The first-order valence-corrected chi connectivity index (χ1v) is 5.08. The van der Waals surface area contributed by atoms with E-state index in [-0.39, 0.29) is 6.10 Å². The van der Waals surface area contributed by atoms with E-state index in [0.717, 1.165) is 30.8 Å². The molecule has 2 aliphatic rings. The molecule has 1 aliphatic carbocycles. The van der Waals surface area contributed by atoms with Gasteiger partial charge in [-0.15, -0.1) is 0 Å². The standard InChI is InChI=1S/C10H19NO/c1-7-5-8-6-9(12)3-4-10(8)11(7)2/h7-10,12H,3-6H2,1-2H3/t7-,8-,9+,10-/m1/s1. The van der Waals surface area contributed by atoms with Crippen molar-refractivity contribution in [2.24, 2.45) is 5.92 Å². The molecule has 0 spiro atoms. The van der Waals surface area contributed by atoms with Gasteiger partial charge in [-0.25, -0.2) is 0 Å². The van der Waals surface area contributed by atoms with Crippen LogP contribution in [0.2, 0.25) is 0 Å². The average Bonchev–Trinajstić information content (AvgIpc) is 2.28. The summed E-state index contributed by atoms with van der Waals surface area (Å²) in [6, 6.07) is 1.49. The van der Waals surface area contributed by atoms with Gasteiger partial charge in [-0.2, -0.15) is 0 Å². The normalized spacial score (nSPS) is 49.2. The van der Waals surface area contributed by atoms with Crippen LogP contribution in [-0.4, -0.2) is 35.2 Å². The van der Waals surface area contributed by atoms with Gasteiger partial charge in [0, 0.05) is 12.1 Å². The molecule has 4 atom stereocenters. The van der Waals surface area contributed by atoms with Gasteiger partial charge in [0.2, 0.25) is 0 Å². The van der Waals surface area contributed by atoms with E-state index in [2.05, 4.69) is 18.9 Å². The SMILES string of the molecule is C[C@@H]1C[C@@H]2C[C@@H](O)CC[C@H]2N1C. The minimum Gasteiger partial charge on any atom is -0.393 e. The molecule has 2 rings (SSSR count). The van der Waals surface area contributed by atoms with E-state index in [9.17, 15) is 5.11 Å². The number of nitrogens with zero attached hydrogens (tertiary/aromatic N) is 1. The first-order valence-electron chi connectivity index (χ1n) is 5.08. The van der Waals surface area contributed by atoms with E-state index < -0.39 is 0 Å². The minimum atomic E-state index is -0.00931. The summed E-state index contributed by atoms with van der Waals surface area (Å²) in [7, 11) is 2.23. The lowest BCUT2D eigenvalue weighted by atomic mass is 9.83. The molecule has 1 saturated carbocycles. The second-order valence-corrected chi connectivity index (χ2v) is 4.54. The summed E-state index contributed by atoms with van der Waals surface area (Å²) in [5.41, 5.74) is 0. The summed E-state index contributed by atoms with van der Waals surface area (Å²) in [5.74, 6) is 0.772. The van der Waals surface area contributed by atoms with Crippen LogP contribution in [0.3, 0.4) is 0 Å². The van der Waals surface area contributed by atoms with Gasteiger partial charge in [-0.1, -0.05) is 0 Å². The fourth-order valence-corrected chi connectivity index (χ4v) is 2.94. The van der Waals surface area contributed by atoms with Crippen LogP contribution >= 0.6 is 0 Å². The van der Waals surface area contributed by atoms with Crippen molar-refractivity contribution in [2.75, 3.05) is 7.05 Å². The molecular formula is C10H19NO. The van der Waals surface area contributed by atoms with Gasteiger partial charge in [0.05, 0.1) is 6.10 Å². The van der Waals surface area contributed by atoms with E-state index in [4.69, 9.17) is 0 Å². The maximum absolute atomic E-state index is 9.51. The molecule has 2 fully saturated rings. The Hall–Kier alpha value is -0.0800. The fourth-order valence-electron chi connectivity index (χ4n) is 2.94. The number of hydrogen-bond acceptors (Lipinski definition) is 2. The van der Waals surface area contributed by atoms with E-state index in [1.807, 2.05) is 0 Å². The highest BCUT2D eigenvalue weighted by Gasteiger charge is 2.39. The third-order valence-corrected chi connectivity index (χ3v) is 3.78. The molecule has 12 heavy (non-hydrogen) atoms. The molecule has 2 nitrogen and oxygen atoms in total. The van der Waals surface area contributed by atoms with Gasteiger partial charge in [0.1, 0.15) is 0 Å². The Morgan fingerprint density at radius 2 is 2.00 bits per heavy atom. The fraction of sp³-hybridized carbons (Fsp3) is 1.00. The minimum absolute atomic E-state index is 0.00931. The monoisotopic (exact) mass is 169 g/mol. The molecule has 1 saturated heterocycles. The Bertz CT molecular complexity index is 169. The Balaban J connectivity index is 2.04. The van der Waals surface area contributed by atoms with Crippen molar-refractivity contribution >= 4 is 0 Å². The van der Waals surface area contributed by atoms with E-state index in [1.54, 1.807) is 0 Å². The number of fused-ring (bicyclic) bond motifs is 1. The number of aliphatic hydroxyl groups is 1. The molecular weight excluding hydrogens is 150 g/mol. The van der Waals surface area contributed by atoms with Gasteiger partial charge >= 0.3 is 0 Å². The van der Waals surface area contributed by atoms with Crippen molar-refractivity contribution in [3.8, 4) is 0 Å². The van der Waals surface area contributed by atoms with Crippen LogP contribution in [-0.2, 0) is 0 Å². The summed E-state index contributed by atoms with van der Waals surface area (Å²) < 4.78 is 0. The Labute approximate surface area is 74.6 Å². The van der Waals surface area contributed by atoms with Gasteiger partial charge < -0.3 is 10.0 Å². The maximum Gasteiger partial charge on any atom is 0.0544 e. The highest BCUT2D eigenvalue weighted by Crippen LogP contribution is 2.38. The summed E-state index contributed by atoms with van der Waals surface area (Å²) in [6.45, 7) is 2.30. The molecule has 0 radical (unpaired) electrons. The van der Waals surface area contributed by atoms with Crippen LogP contribution in [0.4, 0.5) is 0 Å². The summed E-state index contributed by atoms with van der Waals surface area (Å²) in [4.78, 5) is 2.50. The van der Waals surface area contributed by atoms with Gasteiger partial charge in [0.25, 0.3) is 0 Å². The Morgan fingerprint density at radius 1 is 1.25 bits per heavy atom. The first kappa shape index (κ1) is 8.52. The lowest BCUT2D eigenvalue weighted by Gasteiger charge is -2.32. The third kappa shape index (κ3) is 1.27. The zero-order chi connectivity index (χ0) is 8.72. The third-order valence-electron chi connectivity index (χ3n) is 3.78.